The normalized spacial score (nSPS) is 17.0. The van der Waals surface area contributed by atoms with Crippen LogP contribution in [0.1, 0.15) is 26.7 Å². The second-order valence-corrected chi connectivity index (χ2v) is 8.07. The number of halogens is 1. The van der Waals surface area contributed by atoms with E-state index in [-0.39, 0.29) is 11.2 Å². The van der Waals surface area contributed by atoms with Gasteiger partial charge in [0.1, 0.15) is 0 Å². The third-order valence-electron chi connectivity index (χ3n) is 4.44. The summed E-state index contributed by atoms with van der Waals surface area (Å²) >= 11 is 7.46. The van der Waals surface area contributed by atoms with E-state index in [1.807, 2.05) is 46.9 Å². The Hall–Kier alpha value is -1.46. The lowest BCUT2D eigenvalue weighted by molar-refractivity contribution is -0.131. The van der Waals surface area contributed by atoms with E-state index < -0.39 is 0 Å². The second-order valence-electron chi connectivity index (χ2n) is 6.32. The molecule has 0 radical (unpaired) electrons. The Morgan fingerprint density at radius 1 is 1.29 bits per heavy atom. The molecular formula is C18H22ClN3OS. The zero-order valence-corrected chi connectivity index (χ0v) is 15.6. The number of nitrogens with zero attached hydrogens (tertiary/aromatic N) is 3. The van der Waals surface area contributed by atoms with Crippen LogP contribution in [0.25, 0.3) is 5.69 Å². The van der Waals surface area contributed by atoms with Gasteiger partial charge in [-0.3, -0.25) is 9.36 Å². The molecule has 1 aliphatic rings. The number of carbonyl (C=O) groups is 1. The van der Waals surface area contributed by atoms with Gasteiger partial charge >= 0.3 is 0 Å². The fraction of sp³-hybridized carbons (Fsp3) is 0.444. The Balaban J connectivity index is 1.69. The first-order valence-electron chi connectivity index (χ1n) is 8.29. The molecule has 0 saturated carbocycles. The van der Waals surface area contributed by atoms with Crippen molar-refractivity contribution in [1.82, 2.24) is 14.5 Å². The molecule has 1 saturated heterocycles. The summed E-state index contributed by atoms with van der Waals surface area (Å²) in [6.07, 6.45) is 5.87. The van der Waals surface area contributed by atoms with Gasteiger partial charge in [0, 0.05) is 36.2 Å². The van der Waals surface area contributed by atoms with Gasteiger partial charge in [-0.15, -0.1) is 0 Å². The minimum Gasteiger partial charge on any atom is -0.342 e. The van der Waals surface area contributed by atoms with Crippen LogP contribution in [0.3, 0.4) is 0 Å². The van der Waals surface area contributed by atoms with Gasteiger partial charge < -0.3 is 4.90 Å². The second kappa shape index (κ2) is 7.62. The molecule has 0 bridgehead atoms. The Morgan fingerprint density at radius 3 is 2.62 bits per heavy atom. The minimum atomic E-state index is -0.146. The van der Waals surface area contributed by atoms with Crippen molar-refractivity contribution < 1.29 is 4.79 Å². The lowest BCUT2D eigenvalue weighted by Gasteiger charge is -2.32. The first-order valence-corrected chi connectivity index (χ1v) is 9.55. The van der Waals surface area contributed by atoms with E-state index in [1.165, 1.54) is 11.8 Å². The highest BCUT2D eigenvalue weighted by molar-refractivity contribution is 8.00. The molecule has 1 fully saturated rings. The Kier molecular flexibility index (Phi) is 5.51. The Labute approximate surface area is 152 Å². The number of carbonyl (C=O) groups excluding carboxylic acids is 1. The number of hydrogen-bond donors (Lipinski definition) is 0. The predicted octanol–water partition coefficient (Wildman–Crippen LogP) is 4.26. The van der Waals surface area contributed by atoms with Crippen molar-refractivity contribution >= 4 is 29.3 Å². The first kappa shape index (κ1) is 17.4. The van der Waals surface area contributed by atoms with Crippen LogP contribution in [0.4, 0.5) is 0 Å². The van der Waals surface area contributed by atoms with Crippen LogP contribution < -0.4 is 0 Å². The topological polar surface area (TPSA) is 38.1 Å². The van der Waals surface area contributed by atoms with Crippen molar-refractivity contribution in [2.45, 2.75) is 37.1 Å². The average Bonchev–Trinajstić information content (AvgIpc) is 3.03. The largest absolute Gasteiger partial charge is 0.342 e. The summed E-state index contributed by atoms with van der Waals surface area (Å²) in [4.78, 5) is 19.1. The van der Waals surface area contributed by atoms with E-state index in [0.29, 0.717) is 5.02 Å². The molecule has 1 atom stereocenters. The molecule has 0 spiro atoms. The van der Waals surface area contributed by atoms with E-state index in [1.54, 1.807) is 6.20 Å². The molecular weight excluding hydrogens is 342 g/mol. The fourth-order valence-corrected chi connectivity index (χ4v) is 3.96. The molecule has 2 aromatic rings. The van der Waals surface area contributed by atoms with E-state index in [4.69, 9.17) is 11.6 Å². The van der Waals surface area contributed by atoms with Gasteiger partial charge in [0.05, 0.1) is 5.25 Å². The van der Waals surface area contributed by atoms with E-state index >= 15 is 0 Å². The predicted molar refractivity (Wildman–Crippen MR) is 98.9 cm³/mol. The van der Waals surface area contributed by atoms with Crippen LogP contribution in [0.15, 0.2) is 41.8 Å². The number of amides is 1. The highest BCUT2D eigenvalue weighted by Gasteiger charge is 2.26. The number of imidazole rings is 1. The number of aromatic nitrogens is 2. The van der Waals surface area contributed by atoms with Gasteiger partial charge in [-0.05, 0) is 49.9 Å². The number of benzene rings is 1. The molecule has 2 heterocycles. The first-order chi connectivity index (χ1) is 11.5. The molecule has 6 heteroatoms. The van der Waals surface area contributed by atoms with Crippen molar-refractivity contribution in [3.8, 4) is 5.69 Å². The number of piperidine rings is 1. The van der Waals surface area contributed by atoms with E-state index in [0.717, 1.165) is 42.7 Å². The molecule has 24 heavy (non-hydrogen) atoms. The summed E-state index contributed by atoms with van der Waals surface area (Å²) < 4.78 is 1.99. The summed E-state index contributed by atoms with van der Waals surface area (Å²) in [5, 5.41) is 1.38. The molecule has 1 unspecified atom stereocenters. The zero-order chi connectivity index (χ0) is 17.1. The highest BCUT2D eigenvalue weighted by Crippen LogP contribution is 2.27. The van der Waals surface area contributed by atoms with Crippen LogP contribution in [0.5, 0.6) is 0 Å². The van der Waals surface area contributed by atoms with Crippen LogP contribution in [-0.4, -0.2) is 38.7 Å². The molecule has 0 N–H and O–H groups in total. The quantitative estimate of drug-likeness (QED) is 0.761. The lowest BCUT2D eigenvalue weighted by Crippen LogP contribution is -2.41. The van der Waals surface area contributed by atoms with Gasteiger partial charge in [0.25, 0.3) is 0 Å². The van der Waals surface area contributed by atoms with Gasteiger partial charge in [-0.25, -0.2) is 4.98 Å². The van der Waals surface area contributed by atoms with Crippen molar-refractivity contribution in [3.63, 3.8) is 0 Å². The molecule has 0 aliphatic carbocycles. The van der Waals surface area contributed by atoms with Gasteiger partial charge in [-0.1, -0.05) is 30.3 Å². The standard InChI is InChI=1S/C18H22ClN3OS/c1-13-7-10-21(11-8-13)17(23)14(2)24-18-20-9-12-22(18)16-5-3-15(19)4-6-16/h3-6,9,12-14H,7-8,10-11H2,1-2H3. The number of thioether (sulfide) groups is 1. The molecule has 4 nitrogen and oxygen atoms in total. The Bertz CT molecular complexity index is 693. The highest BCUT2D eigenvalue weighted by atomic mass is 35.5. The molecule has 128 valence electrons. The third kappa shape index (κ3) is 3.95. The van der Waals surface area contributed by atoms with Gasteiger partial charge in [-0.2, -0.15) is 0 Å². The van der Waals surface area contributed by atoms with Crippen molar-refractivity contribution in [2.75, 3.05) is 13.1 Å². The van der Waals surface area contributed by atoms with Crippen LogP contribution in [0.2, 0.25) is 5.02 Å². The SMILES string of the molecule is CC1CCN(C(=O)C(C)Sc2nccn2-c2ccc(Cl)cc2)CC1. The summed E-state index contributed by atoms with van der Waals surface area (Å²) in [5.41, 5.74) is 0.992. The van der Waals surface area contributed by atoms with Gasteiger partial charge in [0.2, 0.25) is 5.91 Å². The van der Waals surface area contributed by atoms with Crippen LogP contribution in [-0.2, 0) is 4.79 Å². The zero-order valence-electron chi connectivity index (χ0n) is 14.0. The van der Waals surface area contributed by atoms with Crippen molar-refractivity contribution in [1.29, 1.82) is 0 Å². The number of likely N-dealkylation sites (tertiary alicyclic amines) is 1. The Morgan fingerprint density at radius 2 is 1.96 bits per heavy atom. The summed E-state index contributed by atoms with van der Waals surface area (Å²) in [6, 6.07) is 7.61. The lowest BCUT2D eigenvalue weighted by atomic mass is 9.99. The van der Waals surface area contributed by atoms with Crippen molar-refractivity contribution in [3.05, 3.63) is 41.7 Å². The minimum absolute atomic E-state index is 0.146. The number of rotatable bonds is 4. The summed E-state index contributed by atoms with van der Waals surface area (Å²) in [7, 11) is 0. The molecule has 3 rings (SSSR count). The molecule has 1 amide bonds. The maximum absolute atomic E-state index is 12.7. The average molecular weight is 364 g/mol. The van der Waals surface area contributed by atoms with Crippen molar-refractivity contribution in [2.24, 2.45) is 5.92 Å². The maximum atomic E-state index is 12.7. The van der Waals surface area contributed by atoms with Crippen LogP contribution >= 0.6 is 23.4 Å². The van der Waals surface area contributed by atoms with Crippen LogP contribution in [0, 0.1) is 5.92 Å². The third-order valence-corrected chi connectivity index (χ3v) is 5.76. The van der Waals surface area contributed by atoms with E-state index in [9.17, 15) is 4.79 Å². The smallest absolute Gasteiger partial charge is 0.235 e. The molecule has 1 aromatic heterocycles. The fourth-order valence-electron chi connectivity index (χ4n) is 2.87. The monoisotopic (exact) mass is 363 g/mol. The summed E-state index contributed by atoms with van der Waals surface area (Å²) in [5.74, 6) is 0.929. The summed E-state index contributed by atoms with van der Waals surface area (Å²) in [6.45, 7) is 5.96. The number of hydrogen-bond acceptors (Lipinski definition) is 3. The molecule has 1 aromatic carbocycles. The van der Waals surface area contributed by atoms with Gasteiger partial charge in [0.15, 0.2) is 5.16 Å². The molecule has 1 aliphatic heterocycles. The van der Waals surface area contributed by atoms with E-state index in [2.05, 4.69) is 11.9 Å². The maximum Gasteiger partial charge on any atom is 0.235 e.